The van der Waals surface area contributed by atoms with Crippen molar-refractivity contribution in [3.05, 3.63) is 12.2 Å². The summed E-state index contributed by atoms with van der Waals surface area (Å²) in [6.45, 7) is 2.89. The smallest absolute Gasteiger partial charge is 0.236 e. The number of likely N-dealkylation sites (tertiary alicyclic amines) is 1. The lowest BCUT2D eigenvalue weighted by Crippen LogP contribution is -2.36. The van der Waals surface area contributed by atoms with E-state index in [1.54, 1.807) is 0 Å². The fourth-order valence-electron chi connectivity index (χ4n) is 1.78. The molecule has 2 rings (SSSR count). The first-order valence-corrected chi connectivity index (χ1v) is 5.60. The number of amides is 1. The first-order chi connectivity index (χ1) is 7.86. The summed E-state index contributed by atoms with van der Waals surface area (Å²) in [6.07, 6.45) is 4.31. The average molecular weight is 224 g/mol. The van der Waals surface area contributed by atoms with E-state index in [1.165, 1.54) is 6.33 Å². The second-order valence-electron chi connectivity index (χ2n) is 3.85. The fourth-order valence-corrected chi connectivity index (χ4v) is 1.78. The quantitative estimate of drug-likeness (QED) is 0.703. The molecule has 0 radical (unpaired) electrons. The van der Waals surface area contributed by atoms with Crippen LogP contribution in [-0.4, -0.2) is 47.1 Å². The molecule has 2 heterocycles. The zero-order chi connectivity index (χ0) is 11.2. The van der Waals surface area contributed by atoms with Gasteiger partial charge in [-0.1, -0.05) is 5.16 Å². The molecule has 1 amide bonds. The van der Waals surface area contributed by atoms with Crippen LogP contribution >= 0.6 is 0 Å². The van der Waals surface area contributed by atoms with Gasteiger partial charge in [0.15, 0.2) is 6.33 Å². The van der Waals surface area contributed by atoms with E-state index in [0.29, 0.717) is 25.4 Å². The summed E-state index contributed by atoms with van der Waals surface area (Å²) in [4.78, 5) is 17.4. The molecule has 6 heteroatoms. The van der Waals surface area contributed by atoms with Crippen LogP contribution in [0.4, 0.5) is 0 Å². The third kappa shape index (κ3) is 3.03. The maximum atomic E-state index is 11.6. The topological polar surface area (TPSA) is 71.3 Å². The van der Waals surface area contributed by atoms with Gasteiger partial charge in [-0.15, -0.1) is 0 Å². The van der Waals surface area contributed by atoms with Gasteiger partial charge < -0.3 is 14.7 Å². The second-order valence-corrected chi connectivity index (χ2v) is 3.85. The van der Waals surface area contributed by atoms with E-state index >= 15 is 0 Å². The van der Waals surface area contributed by atoms with Crippen molar-refractivity contribution in [3.8, 4) is 0 Å². The van der Waals surface area contributed by atoms with Gasteiger partial charge >= 0.3 is 0 Å². The van der Waals surface area contributed by atoms with Crippen LogP contribution in [0.1, 0.15) is 18.7 Å². The van der Waals surface area contributed by atoms with Crippen molar-refractivity contribution in [2.24, 2.45) is 0 Å². The Morgan fingerprint density at radius 3 is 3.00 bits per heavy atom. The third-order valence-corrected chi connectivity index (χ3v) is 2.66. The predicted molar refractivity (Wildman–Crippen MR) is 56.7 cm³/mol. The Labute approximate surface area is 94.0 Å². The van der Waals surface area contributed by atoms with Crippen LogP contribution in [-0.2, 0) is 11.2 Å². The third-order valence-electron chi connectivity index (χ3n) is 2.66. The van der Waals surface area contributed by atoms with Crippen molar-refractivity contribution in [1.29, 1.82) is 0 Å². The summed E-state index contributed by atoms with van der Waals surface area (Å²) in [5.41, 5.74) is 0. The summed E-state index contributed by atoms with van der Waals surface area (Å²) in [5, 5.41) is 6.59. The predicted octanol–water partition coefficient (Wildman–Crippen LogP) is -0.176. The minimum atomic E-state index is 0.183. The molecule has 0 bridgehead atoms. The number of carbonyl (C=O) groups excluding carboxylic acids is 1. The fraction of sp³-hybridized carbons (Fsp3) is 0.700. The van der Waals surface area contributed by atoms with Gasteiger partial charge in [0.25, 0.3) is 0 Å². The molecule has 0 spiro atoms. The van der Waals surface area contributed by atoms with Gasteiger partial charge in [0, 0.05) is 26.1 Å². The van der Waals surface area contributed by atoms with Gasteiger partial charge in [0.1, 0.15) is 0 Å². The number of carbonyl (C=O) groups is 1. The van der Waals surface area contributed by atoms with Crippen molar-refractivity contribution in [3.63, 3.8) is 0 Å². The molecule has 1 saturated heterocycles. The lowest BCUT2D eigenvalue weighted by molar-refractivity contribution is -0.129. The number of nitrogens with zero attached hydrogens (tertiary/aromatic N) is 3. The Kier molecular flexibility index (Phi) is 3.87. The minimum absolute atomic E-state index is 0.183. The van der Waals surface area contributed by atoms with Gasteiger partial charge in [-0.2, -0.15) is 4.98 Å². The van der Waals surface area contributed by atoms with Gasteiger partial charge in [0.05, 0.1) is 6.54 Å². The molecule has 0 saturated carbocycles. The minimum Gasteiger partial charge on any atom is -0.342 e. The SMILES string of the molecule is O=C(CNCCc1ncno1)N1CCCC1. The summed E-state index contributed by atoms with van der Waals surface area (Å²) in [7, 11) is 0. The number of rotatable bonds is 5. The highest BCUT2D eigenvalue weighted by atomic mass is 16.5. The Hall–Kier alpha value is -1.43. The molecule has 1 aromatic heterocycles. The lowest BCUT2D eigenvalue weighted by Gasteiger charge is -2.15. The molecule has 6 nitrogen and oxygen atoms in total. The zero-order valence-corrected chi connectivity index (χ0v) is 9.19. The van der Waals surface area contributed by atoms with Crippen LogP contribution in [0.25, 0.3) is 0 Å². The average Bonchev–Trinajstić information content (AvgIpc) is 2.96. The van der Waals surface area contributed by atoms with Crippen LogP contribution < -0.4 is 5.32 Å². The van der Waals surface area contributed by atoms with E-state index in [4.69, 9.17) is 4.52 Å². The summed E-state index contributed by atoms with van der Waals surface area (Å²) in [6, 6.07) is 0. The molecule has 1 N–H and O–H groups in total. The first-order valence-electron chi connectivity index (χ1n) is 5.60. The van der Waals surface area contributed by atoms with Crippen molar-refractivity contribution >= 4 is 5.91 Å². The van der Waals surface area contributed by atoms with Gasteiger partial charge in [0.2, 0.25) is 11.8 Å². The van der Waals surface area contributed by atoms with Gasteiger partial charge in [-0.05, 0) is 12.8 Å². The van der Waals surface area contributed by atoms with E-state index in [-0.39, 0.29) is 5.91 Å². The van der Waals surface area contributed by atoms with Crippen molar-refractivity contribution in [2.75, 3.05) is 26.2 Å². The first kappa shape index (κ1) is 11.1. The number of hydrogen-bond acceptors (Lipinski definition) is 5. The van der Waals surface area contributed by atoms with Crippen molar-refractivity contribution < 1.29 is 9.32 Å². The second kappa shape index (κ2) is 5.60. The van der Waals surface area contributed by atoms with Crippen LogP contribution in [0.15, 0.2) is 10.9 Å². The van der Waals surface area contributed by atoms with Crippen LogP contribution in [0.2, 0.25) is 0 Å². The molecule has 0 aliphatic carbocycles. The highest BCUT2D eigenvalue weighted by molar-refractivity contribution is 5.78. The Bertz CT molecular complexity index is 320. The number of aromatic nitrogens is 2. The molecule has 0 aromatic carbocycles. The molecule has 1 aliphatic heterocycles. The Morgan fingerprint density at radius 1 is 1.50 bits per heavy atom. The maximum absolute atomic E-state index is 11.6. The molecule has 88 valence electrons. The van der Waals surface area contributed by atoms with E-state index in [1.807, 2.05) is 4.90 Å². The molecule has 16 heavy (non-hydrogen) atoms. The molecule has 0 unspecified atom stereocenters. The highest BCUT2D eigenvalue weighted by Crippen LogP contribution is 2.06. The molecule has 0 atom stereocenters. The van der Waals surface area contributed by atoms with Crippen LogP contribution in [0.3, 0.4) is 0 Å². The Morgan fingerprint density at radius 2 is 2.31 bits per heavy atom. The van der Waals surface area contributed by atoms with Gasteiger partial charge in [-0.3, -0.25) is 4.79 Å². The molecule has 1 fully saturated rings. The van der Waals surface area contributed by atoms with Gasteiger partial charge in [-0.25, -0.2) is 0 Å². The monoisotopic (exact) mass is 224 g/mol. The van der Waals surface area contributed by atoms with Crippen LogP contribution in [0.5, 0.6) is 0 Å². The lowest BCUT2D eigenvalue weighted by atomic mass is 10.4. The zero-order valence-electron chi connectivity index (χ0n) is 9.19. The van der Waals surface area contributed by atoms with Crippen molar-refractivity contribution in [1.82, 2.24) is 20.4 Å². The number of hydrogen-bond donors (Lipinski definition) is 1. The maximum Gasteiger partial charge on any atom is 0.236 e. The molecule has 1 aromatic rings. The van der Waals surface area contributed by atoms with Crippen molar-refractivity contribution in [2.45, 2.75) is 19.3 Å². The molecular weight excluding hydrogens is 208 g/mol. The highest BCUT2D eigenvalue weighted by Gasteiger charge is 2.16. The van der Waals surface area contributed by atoms with E-state index < -0.39 is 0 Å². The standard InChI is InChI=1S/C10H16N4O2/c15-10(14-5-1-2-6-14)7-11-4-3-9-12-8-13-16-9/h8,11H,1-7H2. The molecular formula is C10H16N4O2. The largest absolute Gasteiger partial charge is 0.342 e. The normalized spacial score (nSPS) is 15.6. The van der Waals surface area contributed by atoms with Crippen LogP contribution in [0, 0.1) is 0 Å². The summed E-state index contributed by atoms with van der Waals surface area (Å²) >= 11 is 0. The summed E-state index contributed by atoms with van der Waals surface area (Å²) < 4.78 is 4.84. The molecule has 1 aliphatic rings. The summed E-state index contributed by atoms with van der Waals surface area (Å²) in [5.74, 6) is 0.782. The van der Waals surface area contributed by atoms with E-state index in [9.17, 15) is 4.79 Å². The number of nitrogens with one attached hydrogen (secondary N) is 1. The van der Waals surface area contributed by atoms with E-state index in [0.717, 1.165) is 25.9 Å². The Balaban J connectivity index is 1.59. The van der Waals surface area contributed by atoms with E-state index in [2.05, 4.69) is 15.5 Å².